The normalized spacial score (nSPS) is 63.9. The van der Waals surface area contributed by atoms with E-state index >= 15 is 0 Å². The molecule has 3 aliphatic carbocycles. The van der Waals surface area contributed by atoms with E-state index < -0.39 is 0 Å². The van der Waals surface area contributed by atoms with E-state index in [9.17, 15) is 0 Å². The highest BCUT2D eigenvalue weighted by molar-refractivity contribution is 5.05. The van der Waals surface area contributed by atoms with Gasteiger partial charge in [-0.05, 0) is 55.3 Å². The Labute approximate surface area is 63.0 Å². The molecule has 0 aromatic carbocycles. The van der Waals surface area contributed by atoms with Crippen LogP contribution in [-0.2, 0) is 0 Å². The molecule has 0 heteroatoms. The fraction of sp³-hybridized carbons (Fsp3) is 1.00. The van der Waals surface area contributed by atoms with E-state index in [-0.39, 0.29) is 0 Å². The molecule has 0 nitrogen and oxygen atoms in total. The molecule has 3 rings (SSSR count). The van der Waals surface area contributed by atoms with Gasteiger partial charge in [0.2, 0.25) is 0 Å². The van der Waals surface area contributed by atoms with Gasteiger partial charge in [-0.15, -0.1) is 0 Å². The molecule has 0 aliphatic heterocycles. The van der Waals surface area contributed by atoms with Crippen LogP contribution >= 0.6 is 0 Å². The zero-order chi connectivity index (χ0) is 6.72. The van der Waals surface area contributed by atoms with E-state index in [1.54, 1.807) is 25.7 Å². The first-order valence-corrected chi connectivity index (χ1v) is 4.84. The Balaban J connectivity index is 1.80. The maximum absolute atomic E-state index is 2.45. The van der Waals surface area contributed by atoms with Crippen LogP contribution in [0.2, 0.25) is 0 Å². The summed E-state index contributed by atoms with van der Waals surface area (Å²) in [7, 11) is 0. The van der Waals surface area contributed by atoms with Gasteiger partial charge in [0.25, 0.3) is 0 Å². The maximum atomic E-state index is 2.45. The number of hydrogen-bond donors (Lipinski definition) is 0. The largest absolute Gasteiger partial charge is 0.0625 e. The first kappa shape index (κ1) is 5.62. The summed E-state index contributed by atoms with van der Waals surface area (Å²) in [5.74, 6) is 5.88. The lowest BCUT2D eigenvalue weighted by Gasteiger charge is -2.63. The van der Waals surface area contributed by atoms with Crippen LogP contribution in [0.3, 0.4) is 0 Å². The topological polar surface area (TPSA) is 0 Å². The third-order valence-electron chi connectivity index (χ3n) is 4.25. The van der Waals surface area contributed by atoms with Crippen molar-refractivity contribution in [1.82, 2.24) is 0 Å². The molecule has 2 atom stereocenters. The summed E-state index contributed by atoms with van der Waals surface area (Å²) < 4.78 is 0. The van der Waals surface area contributed by atoms with Gasteiger partial charge in [0.05, 0.1) is 0 Å². The van der Waals surface area contributed by atoms with Gasteiger partial charge in [-0.2, -0.15) is 0 Å². The van der Waals surface area contributed by atoms with Crippen molar-refractivity contribution in [2.24, 2.45) is 29.6 Å². The summed E-state index contributed by atoms with van der Waals surface area (Å²) in [6.45, 7) is 2.45. The summed E-state index contributed by atoms with van der Waals surface area (Å²) >= 11 is 0. The van der Waals surface area contributed by atoms with Crippen molar-refractivity contribution in [2.45, 2.75) is 32.6 Å². The number of hydrogen-bond acceptors (Lipinski definition) is 0. The molecule has 0 aromatic heterocycles. The minimum Gasteiger partial charge on any atom is -0.0625 e. The van der Waals surface area contributed by atoms with Crippen molar-refractivity contribution in [3.8, 4) is 0 Å². The molecular formula is C10H16. The Hall–Kier alpha value is 0. The molecule has 0 spiro atoms. The Morgan fingerprint density at radius 3 is 1.80 bits per heavy atom. The molecule has 0 radical (unpaired) electrons. The Bertz CT molecular complexity index is 145. The van der Waals surface area contributed by atoms with Crippen molar-refractivity contribution in [2.75, 3.05) is 0 Å². The van der Waals surface area contributed by atoms with E-state index in [0.717, 1.165) is 5.92 Å². The first-order chi connectivity index (χ1) is 4.84. The van der Waals surface area contributed by atoms with Crippen molar-refractivity contribution in [3.05, 3.63) is 0 Å². The summed E-state index contributed by atoms with van der Waals surface area (Å²) in [4.78, 5) is 0. The molecular weight excluding hydrogens is 120 g/mol. The molecule has 3 aliphatic rings. The van der Waals surface area contributed by atoms with E-state index in [4.69, 9.17) is 0 Å². The second-order valence-corrected chi connectivity index (χ2v) is 4.91. The molecule has 10 heavy (non-hydrogen) atoms. The minimum atomic E-state index is 1.06. The predicted molar refractivity (Wildman–Crippen MR) is 41.6 cm³/mol. The van der Waals surface area contributed by atoms with Gasteiger partial charge in [-0.1, -0.05) is 6.92 Å². The van der Waals surface area contributed by atoms with Crippen LogP contribution < -0.4 is 0 Å². The summed E-state index contributed by atoms with van der Waals surface area (Å²) in [5.41, 5.74) is 0. The van der Waals surface area contributed by atoms with E-state index in [2.05, 4.69) is 6.92 Å². The fourth-order valence-corrected chi connectivity index (χ4v) is 3.90. The highest BCUT2D eigenvalue weighted by atomic mass is 14.6. The number of rotatable bonds is 0. The van der Waals surface area contributed by atoms with Crippen LogP contribution in [0.4, 0.5) is 0 Å². The Kier molecular flexibility index (Phi) is 0.898. The lowest BCUT2D eigenvalue weighted by Crippen LogP contribution is -2.55. The van der Waals surface area contributed by atoms with Crippen molar-refractivity contribution in [3.63, 3.8) is 0 Å². The first-order valence-electron chi connectivity index (χ1n) is 4.84. The van der Waals surface area contributed by atoms with Crippen molar-refractivity contribution < 1.29 is 0 Å². The molecule has 56 valence electrons. The second kappa shape index (κ2) is 1.60. The predicted octanol–water partition coefficient (Wildman–Crippen LogP) is 2.69. The third kappa shape index (κ3) is 0.500. The summed E-state index contributed by atoms with van der Waals surface area (Å²) in [5, 5.41) is 0. The van der Waals surface area contributed by atoms with E-state index in [0.29, 0.717) is 0 Å². The van der Waals surface area contributed by atoms with Crippen LogP contribution in [0, 0.1) is 29.6 Å². The molecule has 3 fully saturated rings. The molecule has 0 amide bonds. The Morgan fingerprint density at radius 1 is 0.800 bits per heavy atom. The van der Waals surface area contributed by atoms with Gasteiger partial charge in [0, 0.05) is 0 Å². The SMILES string of the molecule is CC1CC2CC3CC(C1)C23. The minimum absolute atomic E-state index is 1.06. The highest BCUT2D eigenvalue weighted by Gasteiger charge is 2.55. The monoisotopic (exact) mass is 136 g/mol. The van der Waals surface area contributed by atoms with Gasteiger partial charge < -0.3 is 0 Å². The quantitative estimate of drug-likeness (QED) is 0.480. The molecule has 0 bridgehead atoms. The average molecular weight is 136 g/mol. The molecule has 2 unspecified atom stereocenters. The van der Waals surface area contributed by atoms with Gasteiger partial charge >= 0.3 is 0 Å². The lowest BCUT2D eigenvalue weighted by molar-refractivity contribution is -0.134. The van der Waals surface area contributed by atoms with Crippen LogP contribution in [0.15, 0.2) is 0 Å². The zero-order valence-electron chi connectivity index (χ0n) is 6.72. The van der Waals surface area contributed by atoms with Crippen molar-refractivity contribution in [1.29, 1.82) is 0 Å². The van der Waals surface area contributed by atoms with Gasteiger partial charge in [-0.25, -0.2) is 0 Å². The van der Waals surface area contributed by atoms with Gasteiger partial charge in [0.1, 0.15) is 0 Å². The molecule has 0 aromatic rings. The second-order valence-electron chi connectivity index (χ2n) is 4.91. The van der Waals surface area contributed by atoms with Gasteiger partial charge in [-0.3, -0.25) is 0 Å². The maximum Gasteiger partial charge on any atom is -0.0328 e. The molecule has 0 saturated heterocycles. The standard InChI is InChI=1S/C10H16/c1-6-2-7-4-9-5-8(3-6)10(7)9/h6-10H,2-5H2,1H3. The summed E-state index contributed by atoms with van der Waals surface area (Å²) in [6.07, 6.45) is 6.34. The molecule has 0 N–H and O–H groups in total. The van der Waals surface area contributed by atoms with Crippen LogP contribution in [0.25, 0.3) is 0 Å². The van der Waals surface area contributed by atoms with Crippen LogP contribution in [0.1, 0.15) is 32.6 Å². The van der Waals surface area contributed by atoms with E-state index in [1.807, 2.05) is 0 Å². The summed E-state index contributed by atoms with van der Waals surface area (Å²) in [6, 6.07) is 0. The van der Waals surface area contributed by atoms with Crippen LogP contribution in [-0.4, -0.2) is 0 Å². The third-order valence-corrected chi connectivity index (χ3v) is 4.25. The zero-order valence-corrected chi connectivity index (χ0v) is 6.72. The fourth-order valence-electron chi connectivity index (χ4n) is 3.90. The smallest absolute Gasteiger partial charge is 0.0328 e. The Morgan fingerprint density at radius 2 is 1.30 bits per heavy atom. The van der Waals surface area contributed by atoms with Crippen LogP contribution in [0.5, 0.6) is 0 Å². The highest BCUT2D eigenvalue weighted by Crippen LogP contribution is 2.64. The van der Waals surface area contributed by atoms with E-state index in [1.165, 1.54) is 23.7 Å². The van der Waals surface area contributed by atoms with Gasteiger partial charge in [0.15, 0.2) is 0 Å². The van der Waals surface area contributed by atoms with Crippen molar-refractivity contribution >= 4 is 0 Å². The average Bonchev–Trinajstić information content (AvgIpc) is 1.78. The lowest BCUT2D eigenvalue weighted by atomic mass is 9.42. The molecule has 3 saturated carbocycles. The molecule has 0 heterocycles.